The zero-order valence-electron chi connectivity index (χ0n) is 8.11. The summed E-state index contributed by atoms with van der Waals surface area (Å²) in [5.74, 6) is 0. The Labute approximate surface area is 111 Å². The summed E-state index contributed by atoms with van der Waals surface area (Å²) < 4.78 is 0. The Morgan fingerprint density at radius 3 is 2.86 bits per heavy atom. The van der Waals surface area contributed by atoms with Gasteiger partial charge in [0.05, 0.1) is 0 Å². The molecular weight excluding hydrogens is 205 g/mol. The largest absolute Gasteiger partial charge is 1.00 e. The first-order chi connectivity index (χ1) is 6.22. The number of benzene rings is 1. The summed E-state index contributed by atoms with van der Waals surface area (Å²) in [5.41, 5.74) is 1.98. The Morgan fingerprint density at radius 1 is 1.57 bits per heavy atom. The van der Waals surface area contributed by atoms with Crippen LogP contribution in [0.25, 0.3) is 0 Å². The van der Waals surface area contributed by atoms with Crippen LogP contribution in [0.5, 0.6) is 0 Å². The predicted molar refractivity (Wildman–Crippen MR) is 55.2 cm³/mol. The van der Waals surface area contributed by atoms with E-state index in [2.05, 4.69) is 10.3 Å². The van der Waals surface area contributed by atoms with Crippen molar-refractivity contribution >= 4 is 23.5 Å². The average Bonchev–Trinajstić information content (AvgIpc) is 2.04. The maximum atomic E-state index is 8.23. The van der Waals surface area contributed by atoms with Crippen molar-refractivity contribution in [2.24, 2.45) is 4.99 Å². The summed E-state index contributed by atoms with van der Waals surface area (Å²) in [6, 6.07) is 7.69. The molecule has 0 atom stereocenters. The second-order valence-electron chi connectivity index (χ2n) is 2.51. The Balaban J connectivity index is 0.00000169. The summed E-state index contributed by atoms with van der Waals surface area (Å²) in [7, 11) is 0. The number of nitrogens with zero attached hydrogens (tertiary/aromatic N) is 2. The molecule has 0 aromatic heterocycles. The van der Waals surface area contributed by atoms with Crippen LogP contribution in [0.15, 0.2) is 29.3 Å². The van der Waals surface area contributed by atoms with Crippen LogP contribution in [-0.4, -0.2) is 5.17 Å². The van der Waals surface area contributed by atoms with E-state index in [1.807, 2.05) is 31.2 Å². The van der Waals surface area contributed by atoms with Crippen LogP contribution >= 0.6 is 0 Å². The van der Waals surface area contributed by atoms with E-state index in [0.29, 0.717) is 0 Å². The Hall–Kier alpha value is -0.600. The molecule has 1 aromatic carbocycles. The Morgan fingerprint density at radius 2 is 2.29 bits per heavy atom. The van der Waals surface area contributed by atoms with Gasteiger partial charge in [-0.3, -0.25) is 0 Å². The molecule has 0 unspecified atom stereocenters. The minimum atomic E-state index is 0. The number of amidine groups is 1. The fourth-order valence-electron chi connectivity index (χ4n) is 0.920. The number of nitrogens with one attached hydrogen (secondary N) is 1. The molecule has 0 heterocycles. The van der Waals surface area contributed by atoms with Crippen LogP contribution in [0.4, 0.5) is 5.69 Å². The summed E-state index contributed by atoms with van der Waals surface area (Å²) in [6.07, 6.45) is 1.62. The van der Waals surface area contributed by atoms with Crippen molar-refractivity contribution in [3.8, 4) is 6.19 Å². The molecule has 0 aliphatic heterocycles. The van der Waals surface area contributed by atoms with E-state index in [-0.39, 0.29) is 34.7 Å². The topological polar surface area (TPSA) is 48.2 Å². The minimum absolute atomic E-state index is 0. The van der Waals surface area contributed by atoms with Crippen molar-refractivity contribution < 1.29 is 29.6 Å². The fourth-order valence-corrected chi connectivity index (χ4v) is 1.08. The van der Waals surface area contributed by atoms with E-state index in [1.54, 1.807) is 6.19 Å². The summed E-state index contributed by atoms with van der Waals surface area (Å²) in [5, 5.41) is 11.2. The summed E-state index contributed by atoms with van der Waals surface area (Å²) >= 11 is 4.78. The zero-order valence-corrected chi connectivity index (χ0v) is 10.9. The molecule has 0 bridgehead atoms. The third kappa shape index (κ3) is 4.58. The average molecular weight is 213 g/mol. The number of hydrogen-bond acceptors (Lipinski definition) is 3. The van der Waals surface area contributed by atoms with Gasteiger partial charge < -0.3 is 17.9 Å². The van der Waals surface area contributed by atoms with Gasteiger partial charge in [-0.25, -0.2) is 0 Å². The predicted octanol–water partition coefficient (Wildman–Crippen LogP) is -1.21. The number of nitriles is 1. The maximum Gasteiger partial charge on any atom is 1.00 e. The molecule has 0 radical (unpaired) electrons. The molecule has 14 heavy (non-hydrogen) atoms. The smallest absolute Gasteiger partial charge is 0.742 e. The number of rotatable bonds is 1. The summed E-state index contributed by atoms with van der Waals surface area (Å²) in [4.78, 5) is 3.38. The quantitative estimate of drug-likeness (QED) is 0.209. The first-order valence-corrected chi connectivity index (χ1v) is 4.10. The molecule has 3 nitrogen and oxygen atoms in total. The van der Waals surface area contributed by atoms with Gasteiger partial charge in [-0.1, -0.05) is 12.1 Å². The van der Waals surface area contributed by atoms with E-state index in [4.69, 9.17) is 17.9 Å². The SMILES string of the molecule is Cc1cccc(N/C([S-])=N/C#N)c1.[Na+]. The molecule has 66 valence electrons. The van der Waals surface area contributed by atoms with Gasteiger partial charge in [0.25, 0.3) is 0 Å². The van der Waals surface area contributed by atoms with Crippen LogP contribution in [0.3, 0.4) is 0 Å². The molecule has 0 aliphatic carbocycles. The standard InChI is InChI=1S/C9H9N3S.Na/c1-7-3-2-4-8(5-7)12-9(13)11-6-10;/h2-5H,1H3,(H2,11,12,13);/q;+1/p-1. The minimum Gasteiger partial charge on any atom is -0.742 e. The Kier molecular flexibility index (Phi) is 6.50. The van der Waals surface area contributed by atoms with E-state index in [1.165, 1.54) is 0 Å². The number of anilines is 1. The van der Waals surface area contributed by atoms with Crippen molar-refractivity contribution in [1.29, 1.82) is 5.26 Å². The monoisotopic (exact) mass is 213 g/mol. The molecule has 5 heteroatoms. The second kappa shape index (κ2) is 6.80. The Bertz CT molecular complexity index is 371. The van der Waals surface area contributed by atoms with E-state index in [9.17, 15) is 0 Å². The molecule has 1 rings (SSSR count). The summed E-state index contributed by atoms with van der Waals surface area (Å²) in [6.45, 7) is 1.98. The van der Waals surface area contributed by atoms with Crippen molar-refractivity contribution in [2.45, 2.75) is 6.92 Å². The van der Waals surface area contributed by atoms with Crippen LogP contribution in [-0.2, 0) is 12.6 Å². The van der Waals surface area contributed by atoms with E-state index >= 15 is 0 Å². The van der Waals surface area contributed by atoms with Crippen LogP contribution in [0, 0.1) is 18.4 Å². The van der Waals surface area contributed by atoms with Crippen molar-refractivity contribution in [3.63, 3.8) is 0 Å². The number of hydrogen-bond donors (Lipinski definition) is 1. The van der Waals surface area contributed by atoms with Crippen LogP contribution < -0.4 is 34.9 Å². The van der Waals surface area contributed by atoms with Gasteiger partial charge in [0, 0.05) is 5.69 Å². The number of aryl methyl sites for hydroxylation is 1. The third-order valence-corrected chi connectivity index (χ3v) is 1.61. The fraction of sp³-hybridized carbons (Fsp3) is 0.111. The van der Waals surface area contributed by atoms with E-state index in [0.717, 1.165) is 11.3 Å². The molecule has 0 aliphatic rings. The van der Waals surface area contributed by atoms with Gasteiger partial charge in [0.15, 0.2) is 0 Å². The molecule has 1 N–H and O–H groups in total. The van der Waals surface area contributed by atoms with Crippen molar-refractivity contribution in [1.82, 2.24) is 0 Å². The van der Waals surface area contributed by atoms with Crippen LogP contribution in [0.2, 0.25) is 0 Å². The molecule has 0 saturated carbocycles. The van der Waals surface area contributed by atoms with Crippen LogP contribution in [0.1, 0.15) is 5.56 Å². The maximum absolute atomic E-state index is 8.23. The zero-order chi connectivity index (χ0) is 9.68. The van der Waals surface area contributed by atoms with Gasteiger partial charge in [0.2, 0.25) is 6.19 Å². The molecule has 1 aromatic rings. The van der Waals surface area contributed by atoms with Crippen molar-refractivity contribution in [2.75, 3.05) is 5.32 Å². The third-order valence-electron chi connectivity index (χ3n) is 1.42. The normalized spacial score (nSPS) is 9.86. The van der Waals surface area contributed by atoms with Gasteiger partial charge >= 0.3 is 29.6 Å². The molecule has 0 amide bonds. The first-order valence-electron chi connectivity index (χ1n) is 3.70. The molecular formula is C9H8N3NaS. The first kappa shape index (κ1) is 13.4. The van der Waals surface area contributed by atoms with Gasteiger partial charge in [0.1, 0.15) is 0 Å². The van der Waals surface area contributed by atoms with Gasteiger partial charge in [-0.05, 0) is 29.8 Å². The second-order valence-corrected chi connectivity index (χ2v) is 2.90. The molecule has 0 fully saturated rings. The number of aliphatic imine (C=N–C) groups is 1. The molecule has 0 spiro atoms. The molecule has 0 saturated heterocycles. The van der Waals surface area contributed by atoms with E-state index < -0.39 is 0 Å². The van der Waals surface area contributed by atoms with Gasteiger partial charge in [-0.15, -0.1) is 0 Å². The van der Waals surface area contributed by atoms with Gasteiger partial charge in [-0.2, -0.15) is 10.3 Å². The van der Waals surface area contributed by atoms with Crippen molar-refractivity contribution in [3.05, 3.63) is 29.8 Å².